The van der Waals surface area contributed by atoms with Crippen molar-refractivity contribution in [1.29, 1.82) is 0 Å². The van der Waals surface area contributed by atoms with Crippen LogP contribution in [0, 0.1) is 0 Å². The van der Waals surface area contributed by atoms with Gasteiger partial charge in [-0.25, -0.2) is 14.8 Å². The molecule has 0 aliphatic rings. The van der Waals surface area contributed by atoms with Gasteiger partial charge in [-0.05, 0) is 24.3 Å². The molecule has 19 heavy (non-hydrogen) atoms. The van der Waals surface area contributed by atoms with Crippen molar-refractivity contribution >= 4 is 17.7 Å². The summed E-state index contributed by atoms with van der Waals surface area (Å²) in [7, 11) is 1.56. The average Bonchev–Trinajstić information content (AvgIpc) is 2.46. The van der Waals surface area contributed by atoms with Gasteiger partial charge < -0.3 is 5.11 Å². The highest BCUT2D eigenvalue weighted by molar-refractivity contribution is 6.04. The number of amides is 1. The summed E-state index contributed by atoms with van der Waals surface area (Å²) in [6.45, 7) is 0. The van der Waals surface area contributed by atoms with Crippen molar-refractivity contribution in [2.75, 3.05) is 11.9 Å². The predicted molar refractivity (Wildman–Crippen MR) is 68.2 cm³/mol. The van der Waals surface area contributed by atoms with E-state index in [1.54, 1.807) is 31.4 Å². The Labute approximate surface area is 109 Å². The van der Waals surface area contributed by atoms with E-state index >= 15 is 0 Å². The van der Waals surface area contributed by atoms with Crippen LogP contribution in [0.1, 0.15) is 21.0 Å². The molecule has 2 heterocycles. The zero-order chi connectivity index (χ0) is 13.8. The van der Waals surface area contributed by atoms with Gasteiger partial charge in [0.2, 0.25) is 0 Å². The van der Waals surface area contributed by atoms with Gasteiger partial charge in [0.25, 0.3) is 5.91 Å². The van der Waals surface area contributed by atoms with Crippen molar-refractivity contribution < 1.29 is 14.7 Å². The number of carboxylic acids is 1. The van der Waals surface area contributed by atoms with Gasteiger partial charge in [-0.15, -0.1) is 0 Å². The van der Waals surface area contributed by atoms with Gasteiger partial charge in [0, 0.05) is 13.2 Å². The van der Waals surface area contributed by atoms with Crippen LogP contribution in [-0.2, 0) is 0 Å². The molecular weight excluding hydrogens is 246 g/mol. The first-order chi connectivity index (χ1) is 9.09. The third-order valence-electron chi connectivity index (χ3n) is 2.48. The lowest BCUT2D eigenvalue weighted by atomic mass is 10.2. The topological polar surface area (TPSA) is 83.4 Å². The van der Waals surface area contributed by atoms with Crippen LogP contribution in [0.15, 0.2) is 42.6 Å². The van der Waals surface area contributed by atoms with Crippen LogP contribution in [0.3, 0.4) is 0 Å². The zero-order valence-electron chi connectivity index (χ0n) is 10.1. The Hall–Kier alpha value is -2.76. The van der Waals surface area contributed by atoms with Crippen LogP contribution < -0.4 is 4.90 Å². The number of anilines is 1. The molecule has 0 bridgehead atoms. The monoisotopic (exact) mass is 257 g/mol. The number of nitrogens with zero attached hydrogens (tertiary/aromatic N) is 3. The molecule has 96 valence electrons. The van der Waals surface area contributed by atoms with Crippen molar-refractivity contribution in [1.82, 2.24) is 9.97 Å². The van der Waals surface area contributed by atoms with E-state index < -0.39 is 11.9 Å². The average molecular weight is 257 g/mol. The first kappa shape index (κ1) is 12.7. The number of carbonyl (C=O) groups is 2. The smallest absolute Gasteiger partial charge is 0.354 e. The molecule has 0 saturated heterocycles. The van der Waals surface area contributed by atoms with E-state index in [2.05, 4.69) is 9.97 Å². The van der Waals surface area contributed by atoms with Gasteiger partial charge in [-0.3, -0.25) is 9.69 Å². The quantitative estimate of drug-likeness (QED) is 0.899. The van der Waals surface area contributed by atoms with Crippen molar-refractivity contribution in [2.45, 2.75) is 0 Å². The maximum Gasteiger partial charge on any atom is 0.354 e. The van der Waals surface area contributed by atoms with Gasteiger partial charge in [0.05, 0.1) is 0 Å². The Balaban J connectivity index is 2.29. The third-order valence-corrected chi connectivity index (χ3v) is 2.48. The highest BCUT2D eigenvalue weighted by Gasteiger charge is 2.17. The second-order valence-corrected chi connectivity index (χ2v) is 3.77. The number of pyridine rings is 2. The normalized spacial score (nSPS) is 9.95. The zero-order valence-corrected chi connectivity index (χ0v) is 10.1. The third kappa shape index (κ3) is 2.74. The maximum atomic E-state index is 12.2. The number of aromatic nitrogens is 2. The lowest BCUT2D eigenvalue weighted by Crippen LogP contribution is -2.28. The molecule has 6 nitrogen and oxygen atoms in total. The molecular formula is C13H11N3O3. The minimum atomic E-state index is -1.17. The van der Waals surface area contributed by atoms with E-state index in [9.17, 15) is 9.59 Å². The number of aromatic carboxylic acids is 1. The molecule has 0 aliphatic carbocycles. The molecule has 0 aromatic carbocycles. The molecule has 0 spiro atoms. The molecule has 1 amide bonds. The Kier molecular flexibility index (Phi) is 3.51. The summed E-state index contributed by atoms with van der Waals surface area (Å²) in [4.78, 5) is 32.1. The van der Waals surface area contributed by atoms with Gasteiger partial charge >= 0.3 is 5.97 Å². The molecule has 6 heteroatoms. The van der Waals surface area contributed by atoms with E-state index in [1.807, 2.05) is 0 Å². The van der Waals surface area contributed by atoms with E-state index in [4.69, 9.17) is 5.11 Å². The minimum Gasteiger partial charge on any atom is -0.477 e. The minimum absolute atomic E-state index is 0.0630. The second kappa shape index (κ2) is 5.26. The Morgan fingerprint density at radius 1 is 1.11 bits per heavy atom. The fourth-order valence-electron chi connectivity index (χ4n) is 1.50. The standard InChI is InChI=1S/C13H11N3O3/c1-16(11-7-2-3-8-14-11)12(17)9-5-4-6-10(15-9)13(18)19/h2-8H,1H3,(H,18,19). The van der Waals surface area contributed by atoms with Crippen molar-refractivity contribution in [3.63, 3.8) is 0 Å². The number of carbonyl (C=O) groups excluding carboxylic acids is 1. The summed E-state index contributed by atoms with van der Waals surface area (Å²) < 4.78 is 0. The van der Waals surface area contributed by atoms with Crippen LogP contribution in [0.5, 0.6) is 0 Å². The molecule has 0 fully saturated rings. The first-order valence-corrected chi connectivity index (χ1v) is 5.49. The summed E-state index contributed by atoms with van der Waals surface area (Å²) >= 11 is 0. The summed E-state index contributed by atoms with van der Waals surface area (Å²) in [5.74, 6) is -1.12. The van der Waals surface area contributed by atoms with Crippen LogP contribution >= 0.6 is 0 Å². The Morgan fingerprint density at radius 2 is 1.84 bits per heavy atom. The summed E-state index contributed by atoms with van der Waals surface area (Å²) in [5, 5.41) is 8.85. The SMILES string of the molecule is CN(C(=O)c1cccc(C(=O)O)n1)c1ccccn1. The summed E-state index contributed by atoms with van der Waals surface area (Å²) in [6.07, 6.45) is 1.57. The molecule has 2 rings (SSSR count). The largest absolute Gasteiger partial charge is 0.477 e. The van der Waals surface area contributed by atoms with Crippen molar-refractivity contribution in [2.24, 2.45) is 0 Å². The molecule has 1 N–H and O–H groups in total. The molecule has 0 unspecified atom stereocenters. The maximum absolute atomic E-state index is 12.2. The van der Waals surface area contributed by atoms with E-state index in [0.717, 1.165) is 0 Å². The summed E-state index contributed by atoms with van der Waals surface area (Å²) in [6, 6.07) is 9.46. The highest BCUT2D eigenvalue weighted by atomic mass is 16.4. The Bertz CT molecular complexity index is 614. The van der Waals surface area contributed by atoms with Crippen molar-refractivity contribution in [3.05, 3.63) is 54.0 Å². The Morgan fingerprint density at radius 3 is 2.47 bits per heavy atom. The van der Waals surface area contributed by atoms with Crippen molar-refractivity contribution in [3.8, 4) is 0 Å². The first-order valence-electron chi connectivity index (χ1n) is 5.49. The fourth-order valence-corrected chi connectivity index (χ4v) is 1.50. The number of rotatable bonds is 3. The van der Waals surface area contributed by atoms with Gasteiger partial charge in [0.15, 0.2) is 0 Å². The fraction of sp³-hybridized carbons (Fsp3) is 0.0769. The van der Waals surface area contributed by atoms with E-state index in [1.165, 1.54) is 23.1 Å². The highest BCUT2D eigenvalue weighted by Crippen LogP contribution is 2.11. The lowest BCUT2D eigenvalue weighted by molar-refractivity contribution is 0.0690. The predicted octanol–water partition coefficient (Wildman–Crippen LogP) is 1.45. The van der Waals surface area contributed by atoms with Gasteiger partial charge in [-0.2, -0.15) is 0 Å². The van der Waals surface area contributed by atoms with Gasteiger partial charge in [-0.1, -0.05) is 12.1 Å². The van der Waals surface area contributed by atoms with Gasteiger partial charge in [0.1, 0.15) is 17.2 Å². The van der Waals surface area contributed by atoms with E-state index in [-0.39, 0.29) is 11.4 Å². The molecule has 0 aliphatic heterocycles. The number of hydrogen-bond acceptors (Lipinski definition) is 4. The van der Waals surface area contributed by atoms with Crippen LogP contribution in [0.25, 0.3) is 0 Å². The van der Waals surface area contributed by atoms with Crippen LogP contribution in [-0.4, -0.2) is 34.0 Å². The number of hydrogen-bond donors (Lipinski definition) is 1. The molecule has 0 saturated carbocycles. The van der Waals surface area contributed by atoms with Crippen LogP contribution in [0.2, 0.25) is 0 Å². The van der Waals surface area contributed by atoms with Crippen LogP contribution in [0.4, 0.5) is 5.82 Å². The molecule has 0 radical (unpaired) electrons. The van der Waals surface area contributed by atoms with E-state index in [0.29, 0.717) is 5.82 Å². The molecule has 0 atom stereocenters. The summed E-state index contributed by atoms with van der Waals surface area (Å²) in [5.41, 5.74) is -0.103. The lowest BCUT2D eigenvalue weighted by Gasteiger charge is -2.15. The molecule has 2 aromatic heterocycles. The molecule has 2 aromatic rings. The number of carboxylic acid groups (broad SMARTS) is 1. The second-order valence-electron chi connectivity index (χ2n) is 3.77.